The van der Waals surface area contributed by atoms with Crippen molar-refractivity contribution in [2.75, 3.05) is 6.61 Å². The summed E-state index contributed by atoms with van der Waals surface area (Å²) in [6.45, 7) is 10.8. The molecule has 1 aliphatic rings. The molecule has 0 aromatic heterocycles. The van der Waals surface area contributed by atoms with Gasteiger partial charge >= 0.3 is 6.09 Å². The molecule has 0 unspecified atom stereocenters. The van der Waals surface area contributed by atoms with Crippen molar-refractivity contribution in [1.82, 2.24) is 10.4 Å². The zero-order valence-corrected chi connectivity index (χ0v) is 12.2. The molecule has 0 bridgehead atoms. The Balaban J connectivity index is 2.25. The molecule has 17 heavy (non-hydrogen) atoms. The van der Waals surface area contributed by atoms with Gasteiger partial charge < -0.3 is 4.74 Å². The van der Waals surface area contributed by atoms with Crippen LogP contribution < -0.4 is 5.43 Å². The molecule has 2 atom stereocenters. The topological polar surface area (TPSA) is 58.6 Å². The number of carbonyl (C=O) groups excluding carboxylic acids is 2. The molecule has 1 N–H and O–H groups in total. The van der Waals surface area contributed by atoms with Crippen LogP contribution in [-0.2, 0) is 9.53 Å². The van der Waals surface area contributed by atoms with E-state index >= 15 is 0 Å². The Morgan fingerprint density at radius 3 is 2.47 bits per heavy atom. The van der Waals surface area contributed by atoms with Crippen LogP contribution in [0.2, 0.25) is 25.7 Å². The summed E-state index contributed by atoms with van der Waals surface area (Å²) in [7, 11) is -1.18. The number of rotatable bonds is 4. The van der Waals surface area contributed by atoms with Gasteiger partial charge in [-0.2, -0.15) is 0 Å². The van der Waals surface area contributed by atoms with Gasteiger partial charge in [-0.1, -0.05) is 26.6 Å². The molecular weight excluding hydrogens is 236 g/mol. The van der Waals surface area contributed by atoms with Gasteiger partial charge in [0.1, 0.15) is 0 Å². The second-order valence-electron chi connectivity index (χ2n) is 5.80. The minimum atomic E-state index is -1.18. The number of hydrogen-bond acceptors (Lipinski definition) is 3. The van der Waals surface area contributed by atoms with E-state index in [0.717, 1.165) is 6.04 Å². The van der Waals surface area contributed by atoms with Crippen molar-refractivity contribution in [2.24, 2.45) is 5.92 Å². The molecule has 6 heteroatoms. The number of carbonyl (C=O) groups is 2. The van der Waals surface area contributed by atoms with Gasteiger partial charge in [0, 0.05) is 8.07 Å². The fraction of sp³-hybridized carbons (Fsp3) is 0.818. The van der Waals surface area contributed by atoms with Crippen molar-refractivity contribution in [3.63, 3.8) is 0 Å². The summed E-state index contributed by atoms with van der Waals surface area (Å²) in [6.07, 6.45) is -0.532. The lowest BCUT2D eigenvalue weighted by Crippen LogP contribution is -2.65. The number of nitrogens with zero attached hydrogens (tertiary/aromatic N) is 1. The van der Waals surface area contributed by atoms with Gasteiger partial charge in [-0.05, 0) is 13.0 Å². The Hall–Kier alpha value is -1.04. The second-order valence-corrected chi connectivity index (χ2v) is 11.4. The van der Waals surface area contributed by atoms with Crippen molar-refractivity contribution in [1.29, 1.82) is 0 Å². The highest BCUT2D eigenvalue weighted by Crippen LogP contribution is 2.23. The lowest BCUT2D eigenvalue weighted by atomic mass is 9.93. The molecule has 98 valence electrons. The molecule has 5 nitrogen and oxygen atoms in total. The van der Waals surface area contributed by atoms with E-state index in [1.54, 1.807) is 0 Å². The summed E-state index contributed by atoms with van der Waals surface area (Å²) in [6, 6.07) is 0.979. The highest BCUT2D eigenvalue weighted by Gasteiger charge is 2.42. The number of amides is 2. The molecule has 1 saturated heterocycles. The summed E-state index contributed by atoms with van der Waals surface area (Å²) in [4.78, 5) is 22.8. The first-order valence-corrected chi connectivity index (χ1v) is 9.69. The number of ether oxygens (including phenoxy) is 1. The van der Waals surface area contributed by atoms with Crippen LogP contribution in [0.1, 0.15) is 13.8 Å². The maximum Gasteiger partial charge on any atom is 0.426 e. The van der Waals surface area contributed by atoms with Crippen molar-refractivity contribution in [2.45, 2.75) is 45.6 Å². The monoisotopic (exact) mass is 258 g/mol. The van der Waals surface area contributed by atoms with Crippen LogP contribution in [0.5, 0.6) is 0 Å². The Bertz CT molecular complexity index is 314. The average Bonchev–Trinajstić information content (AvgIpc) is 2.22. The first kappa shape index (κ1) is 14.0. The van der Waals surface area contributed by atoms with Crippen LogP contribution in [0, 0.1) is 5.92 Å². The Labute approximate surface area is 103 Å². The summed E-state index contributed by atoms with van der Waals surface area (Å²) >= 11 is 0. The first-order valence-electron chi connectivity index (χ1n) is 5.99. The summed E-state index contributed by atoms with van der Waals surface area (Å²) < 4.78 is 5.05. The molecule has 0 aromatic carbocycles. The largest absolute Gasteiger partial charge is 0.449 e. The van der Waals surface area contributed by atoms with Gasteiger partial charge in [0.25, 0.3) is 0 Å². The van der Waals surface area contributed by atoms with E-state index < -0.39 is 14.2 Å². The third-order valence-corrected chi connectivity index (χ3v) is 4.76. The molecule has 0 saturated carbocycles. The fourth-order valence-corrected chi connectivity index (χ4v) is 2.22. The first-order chi connectivity index (χ1) is 7.72. The predicted molar refractivity (Wildman–Crippen MR) is 68.1 cm³/mol. The lowest BCUT2D eigenvalue weighted by Gasteiger charge is -2.42. The number of hydrogen-bond donors (Lipinski definition) is 1. The molecule has 0 aliphatic carbocycles. The highest BCUT2D eigenvalue weighted by molar-refractivity contribution is 6.76. The van der Waals surface area contributed by atoms with Gasteiger partial charge in [-0.25, -0.2) is 15.2 Å². The van der Waals surface area contributed by atoms with Crippen molar-refractivity contribution < 1.29 is 14.3 Å². The molecular formula is C11H22N2O3Si. The third-order valence-electron chi connectivity index (χ3n) is 3.05. The summed E-state index contributed by atoms with van der Waals surface area (Å²) in [5.41, 5.74) is 2.47. The molecule has 0 radical (unpaired) electrons. The van der Waals surface area contributed by atoms with E-state index in [4.69, 9.17) is 4.74 Å². The highest BCUT2D eigenvalue weighted by atomic mass is 28.3. The minimum Gasteiger partial charge on any atom is -0.449 e. The zero-order chi connectivity index (χ0) is 13.2. The third kappa shape index (κ3) is 3.73. The van der Waals surface area contributed by atoms with Crippen LogP contribution in [0.15, 0.2) is 0 Å². The molecule has 2 amide bonds. The molecule has 1 fully saturated rings. The standard InChI is InChI=1S/C11H22N2O3Si/c1-8-9(2)13(10(8)14)12-11(15)16-6-7-17(3,4)5/h8-9H,6-7H2,1-5H3,(H,12,15)/t8-,9-/m1/s1. The Morgan fingerprint density at radius 2 is 2.00 bits per heavy atom. The molecule has 0 spiro atoms. The van der Waals surface area contributed by atoms with Gasteiger partial charge in [0.2, 0.25) is 5.91 Å². The van der Waals surface area contributed by atoms with Crippen molar-refractivity contribution in [3.05, 3.63) is 0 Å². The van der Waals surface area contributed by atoms with Crippen LogP contribution in [-0.4, -0.2) is 37.7 Å². The van der Waals surface area contributed by atoms with E-state index in [1.165, 1.54) is 5.01 Å². The van der Waals surface area contributed by atoms with E-state index in [9.17, 15) is 9.59 Å². The van der Waals surface area contributed by atoms with E-state index in [1.807, 2.05) is 13.8 Å². The SMILES string of the molecule is C[C@@H]1[C@@H](C)C(=O)N1NC(=O)OCC[Si](C)(C)C. The van der Waals surface area contributed by atoms with Crippen LogP contribution in [0.4, 0.5) is 4.79 Å². The minimum absolute atomic E-state index is 0.0164. The molecule has 1 rings (SSSR count). The van der Waals surface area contributed by atoms with E-state index in [0.29, 0.717) is 6.61 Å². The quantitative estimate of drug-likeness (QED) is 0.618. The number of β-lactam (4-membered cyclic amide) rings is 1. The normalized spacial score (nSPS) is 24.3. The predicted octanol–water partition coefficient (Wildman–Crippen LogP) is 1.83. The maximum atomic E-state index is 11.4. The van der Waals surface area contributed by atoms with Gasteiger partial charge in [0.15, 0.2) is 0 Å². The number of nitrogens with one attached hydrogen (secondary N) is 1. The maximum absolute atomic E-state index is 11.4. The van der Waals surface area contributed by atoms with Gasteiger partial charge in [-0.3, -0.25) is 4.79 Å². The lowest BCUT2D eigenvalue weighted by molar-refractivity contribution is -0.158. The zero-order valence-electron chi connectivity index (χ0n) is 11.2. The Kier molecular flexibility index (Phi) is 4.19. The summed E-state index contributed by atoms with van der Waals surface area (Å²) in [5, 5.41) is 1.33. The van der Waals surface area contributed by atoms with E-state index in [2.05, 4.69) is 25.1 Å². The van der Waals surface area contributed by atoms with Crippen LogP contribution in [0.25, 0.3) is 0 Å². The molecule has 1 aliphatic heterocycles. The summed E-state index contributed by atoms with van der Waals surface area (Å²) in [5.74, 6) is -0.0723. The Morgan fingerprint density at radius 1 is 1.41 bits per heavy atom. The van der Waals surface area contributed by atoms with Crippen molar-refractivity contribution >= 4 is 20.1 Å². The van der Waals surface area contributed by atoms with Crippen LogP contribution in [0.3, 0.4) is 0 Å². The molecule has 0 aromatic rings. The van der Waals surface area contributed by atoms with Crippen molar-refractivity contribution in [3.8, 4) is 0 Å². The smallest absolute Gasteiger partial charge is 0.426 e. The second kappa shape index (κ2) is 5.08. The fourth-order valence-electron chi connectivity index (χ4n) is 1.51. The average molecular weight is 258 g/mol. The number of hydrazine groups is 1. The molecule has 1 heterocycles. The van der Waals surface area contributed by atoms with Gasteiger partial charge in [-0.15, -0.1) is 0 Å². The van der Waals surface area contributed by atoms with E-state index in [-0.39, 0.29) is 17.9 Å². The van der Waals surface area contributed by atoms with Gasteiger partial charge in [0.05, 0.1) is 18.6 Å². The van der Waals surface area contributed by atoms with Crippen LogP contribution >= 0.6 is 0 Å².